The Morgan fingerprint density at radius 2 is 1.84 bits per heavy atom. The molecule has 0 saturated carbocycles. The lowest BCUT2D eigenvalue weighted by atomic mass is 10.0. The van der Waals surface area contributed by atoms with E-state index in [4.69, 9.17) is 28.9 Å². The van der Waals surface area contributed by atoms with E-state index in [2.05, 4.69) is 4.98 Å². The number of carbonyl (C=O) groups is 1. The Labute approximate surface area is 120 Å². The number of carbonyl (C=O) groups excluding carboxylic acids is 1. The molecule has 1 aromatic heterocycles. The zero-order valence-corrected chi connectivity index (χ0v) is 11.5. The Kier molecular flexibility index (Phi) is 4.42. The summed E-state index contributed by atoms with van der Waals surface area (Å²) in [5.74, 6) is -0.346. The zero-order valence-electron chi connectivity index (χ0n) is 9.96. The summed E-state index contributed by atoms with van der Waals surface area (Å²) in [5.41, 5.74) is 6.03. The molecule has 5 nitrogen and oxygen atoms in total. The topological polar surface area (TPSA) is 79.5 Å². The third-order valence-electron chi connectivity index (χ3n) is 2.94. The van der Waals surface area contributed by atoms with Crippen LogP contribution in [0.1, 0.15) is 11.7 Å². The number of aromatic nitrogens is 1. The van der Waals surface area contributed by atoms with E-state index in [1.54, 1.807) is 0 Å². The smallest absolute Gasteiger partial charge is 0.243 e. The SMILES string of the molecule is N[C@@H](C(=O)N1CC=CC1)[C@@H](O)c1c(Cl)cncc1Cl. The van der Waals surface area contributed by atoms with Gasteiger partial charge in [0.25, 0.3) is 0 Å². The molecular weight excluding hydrogens is 289 g/mol. The van der Waals surface area contributed by atoms with Crippen molar-refractivity contribution in [2.45, 2.75) is 12.1 Å². The Morgan fingerprint density at radius 1 is 1.32 bits per heavy atom. The molecule has 0 fully saturated rings. The summed E-state index contributed by atoms with van der Waals surface area (Å²) in [6.45, 7) is 0.994. The van der Waals surface area contributed by atoms with Gasteiger partial charge >= 0.3 is 0 Å². The summed E-state index contributed by atoms with van der Waals surface area (Å²) in [7, 11) is 0. The average Bonchev–Trinajstić information content (AvgIpc) is 2.90. The molecule has 0 bridgehead atoms. The van der Waals surface area contributed by atoms with Gasteiger partial charge in [-0.3, -0.25) is 9.78 Å². The van der Waals surface area contributed by atoms with Crippen LogP contribution in [0.5, 0.6) is 0 Å². The van der Waals surface area contributed by atoms with Crippen LogP contribution >= 0.6 is 23.2 Å². The second-order valence-corrected chi connectivity index (χ2v) is 5.02. The molecule has 1 aliphatic rings. The number of nitrogens with zero attached hydrogens (tertiary/aromatic N) is 2. The predicted molar refractivity (Wildman–Crippen MR) is 72.9 cm³/mol. The average molecular weight is 302 g/mol. The normalized spacial score (nSPS) is 17.6. The number of hydrogen-bond acceptors (Lipinski definition) is 4. The van der Waals surface area contributed by atoms with Crippen LogP contribution in [0.15, 0.2) is 24.5 Å². The molecular formula is C12H13Cl2N3O2. The lowest BCUT2D eigenvalue weighted by Gasteiger charge is -2.25. The second-order valence-electron chi connectivity index (χ2n) is 4.20. The third-order valence-corrected chi connectivity index (χ3v) is 3.54. The van der Waals surface area contributed by atoms with E-state index in [0.717, 1.165) is 0 Å². The van der Waals surface area contributed by atoms with Gasteiger partial charge in [0, 0.05) is 31.0 Å². The number of pyridine rings is 1. The molecule has 0 aliphatic carbocycles. The Hall–Kier alpha value is -1.14. The van der Waals surface area contributed by atoms with Gasteiger partial charge in [-0.05, 0) is 0 Å². The van der Waals surface area contributed by atoms with Crippen LogP contribution in [0.2, 0.25) is 10.0 Å². The summed E-state index contributed by atoms with van der Waals surface area (Å²) < 4.78 is 0. The van der Waals surface area contributed by atoms with E-state index < -0.39 is 12.1 Å². The van der Waals surface area contributed by atoms with E-state index >= 15 is 0 Å². The fourth-order valence-electron chi connectivity index (χ4n) is 1.89. The molecule has 0 spiro atoms. The lowest BCUT2D eigenvalue weighted by molar-refractivity contribution is -0.133. The largest absolute Gasteiger partial charge is 0.386 e. The second kappa shape index (κ2) is 5.88. The molecule has 1 aromatic rings. The van der Waals surface area contributed by atoms with Crippen molar-refractivity contribution in [3.63, 3.8) is 0 Å². The number of rotatable bonds is 3. The van der Waals surface area contributed by atoms with Gasteiger partial charge < -0.3 is 15.7 Å². The highest BCUT2D eigenvalue weighted by Crippen LogP contribution is 2.31. The van der Waals surface area contributed by atoms with Crippen molar-refractivity contribution in [1.29, 1.82) is 0 Å². The van der Waals surface area contributed by atoms with Gasteiger partial charge in [0.05, 0.1) is 10.0 Å². The van der Waals surface area contributed by atoms with Gasteiger partial charge in [-0.2, -0.15) is 0 Å². The number of amides is 1. The first kappa shape index (κ1) is 14.3. The molecule has 2 heterocycles. The monoisotopic (exact) mass is 301 g/mol. The van der Waals surface area contributed by atoms with Crippen LogP contribution in [-0.4, -0.2) is 40.0 Å². The van der Waals surface area contributed by atoms with Crippen molar-refractivity contribution in [2.75, 3.05) is 13.1 Å². The number of aliphatic hydroxyl groups excluding tert-OH is 1. The summed E-state index contributed by atoms with van der Waals surface area (Å²) in [5, 5.41) is 10.6. The van der Waals surface area contributed by atoms with Crippen molar-refractivity contribution >= 4 is 29.1 Å². The quantitative estimate of drug-likeness (QED) is 0.821. The van der Waals surface area contributed by atoms with Crippen LogP contribution in [0, 0.1) is 0 Å². The number of halogens is 2. The molecule has 1 amide bonds. The van der Waals surface area contributed by atoms with Crippen LogP contribution in [0.3, 0.4) is 0 Å². The summed E-state index contributed by atoms with van der Waals surface area (Å²) in [6, 6.07) is -1.11. The van der Waals surface area contributed by atoms with Gasteiger partial charge in [-0.15, -0.1) is 0 Å². The molecule has 2 rings (SSSR count). The van der Waals surface area contributed by atoms with Crippen LogP contribution in [0.25, 0.3) is 0 Å². The molecule has 102 valence electrons. The fraction of sp³-hybridized carbons (Fsp3) is 0.333. The molecule has 0 saturated heterocycles. The molecule has 2 atom stereocenters. The molecule has 19 heavy (non-hydrogen) atoms. The molecule has 7 heteroatoms. The number of nitrogens with two attached hydrogens (primary N) is 1. The highest BCUT2D eigenvalue weighted by atomic mass is 35.5. The Balaban J connectivity index is 2.18. The van der Waals surface area contributed by atoms with E-state index in [1.165, 1.54) is 17.3 Å². The first-order valence-electron chi connectivity index (χ1n) is 5.68. The van der Waals surface area contributed by atoms with Crippen molar-refractivity contribution < 1.29 is 9.90 Å². The van der Waals surface area contributed by atoms with Crippen molar-refractivity contribution in [3.8, 4) is 0 Å². The Bertz CT molecular complexity index is 493. The minimum Gasteiger partial charge on any atom is -0.386 e. The maximum atomic E-state index is 12.1. The molecule has 0 radical (unpaired) electrons. The molecule has 0 unspecified atom stereocenters. The predicted octanol–water partition coefficient (Wildman–Crippen LogP) is 1.15. The van der Waals surface area contributed by atoms with Crippen molar-refractivity contribution in [1.82, 2.24) is 9.88 Å². The van der Waals surface area contributed by atoms with Gasteiger partial charge in [0.1, 0.15) is 12.1 Å². The van der Waals surface area contributed by atoms with Crippen molar-refractivity contribution in [2.24, 2.45) is 5.73 Å². The maximum Gasteiger partial charge on any atom is 0.243 e. The van der Waals surface area contributed by atoms with Gasteiger partial charge in [-0.1, -0.05) is 35.4 Å². The third kappa shape index (κ3) is 2.90. The number of aliphatic hydroxyl groups is 1. The first-order chi connectivity index (χ1) is 9.02. The summed E-state index contributed by atoms with van der Waals surface area (Å²) >= 11 is 11.9. The Morgan fingerprint density at radius 3 is 2.37 bits per heavy atom. The van der Waals surface area contributed by atoms with E-state index in [9.17, 15) is 9.90 Å². The molecule has 1 aliphatic heterocycles. The lowest BCUT2D eigenvalue weighted by Crippen LogP contribution is -2.46. The van der Waals surface area contributed by atoms with Crippen LogP contribution in [0.4, 0.5) is 0 Å². The maximum absolute atomic E-state index is 12.1. The summed E-state index contributed by atoms with van der Waals surface area (Å²) in [6.07, 6.45) is 5.16. The van der Waals surface area contributed by atoms with Gasteiger partial charge in [-0.25, -0.2) is 0 Å². The highest BCUT2D eigenvalue weighted by Gasteiger charge is 2.31. The van der Waals surface area contributed by atoms with Crippen LogP contribution < -0.4 is 5.73 Å². The number of hydrogen-bond donors (Lipinski definition) is 2. The summed E-state index contributed by atoms with van der Waals surface area (Å²) in [4.78, 5) is 17.4. The van der Waals surface area contributed by atoms with E-state index in [1.807, 2.05) is 12.2 Å². The van der Waals surface area contributed by atoms with Crippen LogP contribution in [-0.2, 0) is 4.79 Å². The van der Waals surface area contributed by atoms with Gasteiger partial charge in [0.2, 0.25) is 5.91 Å². The minimum atomic E-state index is -1.27. The highest BCUT2D eigenvalue weighted by molar-refractivity contribution is 6.35. The molecule has 0 aromatic carbocycles. The standard InChI is InChI=1S/C12H13Cl2N3O2/c13-7-5-16-6-8(14)9(7)11(18)10(15)12(19)17-3-1-2-4-17/h1-2,5-6,10-11,18H,3-4,15H2/t10-,11+/m1/s1. The van der Waals surface area contributed by atoms with E-state index in [0.29, 0.717) is 13.1 Å². The first-order valence-corrected chi connectivity index (χ1v) is 6.44. The fourth-order valence-corrected chi connectivity index (χ4v) is 2.48. The van der Waals surface area contributed by atoms with Gasteiger partial charge in [0.15, 0.2) is 0 Å². The van der Waals surface area contributed by atoms with Crippen molar-refractivity contribution in [3.05, 3.63) is 40.2 Å². The minimum absolute atomic E-state index is 0.183. The van der Waals surface area contributed by atoms with E-state index in [-0.39, 0.29) is 21.5 Å². The zero-order chi connectivity index (χ0) is 14.0. The molecule has 3 N–H and O–H groups in total.